The second-order valence-corrected chi connectivity index (χ2v) is 12.0. The number of aliphatic hydroxyl groups is 1. The van der Waals surface area contributed by atoms with Crippen molar-refractivity contribution in [2.75, 3.05) is 0 Å². The predicted octanol–water partition coefficient (Wildman–Crippen LogP) is 7.31. The summed E-state index contributed by atoms with van der Waals surface area (Å²) in [5.74, 6) is 3.29. The molecule has 0 aromatic carbocycles. The molecule has 0 aromatic heterocycles. The number of rotatable bonds is 4. The molecule has 2 saturated carbocycles. The SMILES string of the molecule is C=CCCC(C)C1CCC2(C)C3=C(CCC12)C1(C)CCC(O)C(C)(C)C1CC3. The second-order valence-electron chi connectivity index (χ2n) is 12.0. The first-order chi connectivity index (χ1) is 13.2. The fourth-order valence-corrected chi connectivity index (χ4v) is 8.75. The van der Waals surface area contributed by atoms with Crippen molar-refractivity contribution < 1.29 is 5.11 Å². The molecule has 0 bridgehead atoms. The van der Waals surface area contributed by atoms with Gasteiger partial charge >= 0.3 is 0 Å². The molecule has 4 aliphatic carbocycles. The van der Waals surface area contributed by atoms with Crippen molar-refractivity contribution in [3.63, 3.8) is 0 Å². The summed E-state index contributed by atoms with van der Waals surface area (Å²) in [4.78, 5) is 0. The Bertz CT molecular complexity index is 657. The van der Waals surface area contributed by atoms with E-state index in [2.05, 4.69) is 47.3 Å². The third-order valence-electron chi connectivity index (χ3n) is 10.5. The average Bonchev–Trinajstić information content (AvgIpc) is 3.01. The molecule has 2 fully saturated rings. The molecule has 4 aliphatic rings. The highest BCUT2D eigenvalue weighted by molar-refractivity contribution is 5.37. The van der Waals surface area contributed by atoms with Crippen molar-refractivity contribution in [2.45, 2.75) is 105 Å². The maximum Gasteiger partial charge on any atom is 0.0594 e. The first-order valence-corrected chi connectivity index (χ1v) is 12.2. The Kier molecular flexibility index (Phi) is 5.18. The van der Waals surface area contributed by atoms with Gasteiger partial charge in [-0.25, -0.2) is 0 Å². The molecule has 0 radical (unpaired) electrons. The molecule has 7 atom stereocenters. The molecule has 0 aromatic rings. The van der Waals surface area contributed by atoms with Crippen molar-refractivity contribution in [2.24, 2.45) is 39.9 Å². The molecule has 28 heavy (non-hydrogen) atoms. The van der Waals surface area contributed by atoms with Gasteiger partial charge in [-0.2, -0.15) is 0 Å². The molecule has 158 valence electrons. The fraction of sp³-hybridized carbons (Fsp3) is 0.852. The highest BCUT2D eigenvalue weighted by atomic mass is 16.3. The van der Waals surface area contributed by atoms with Crippen molar-refractivity contribution in [1.29, 1.82) is 0 Å². The molecule has 1 nitrogen and oxygen atoms in total. The summed E-state index contributed by atoms with van der Waals surface area (Å²) in [7, 11) is 0. The minimum atomic E-state index is -0.124. The molecule has 0 spiro atoms. The fourth-order valence-electron chi connectivity index (χ4n) is 8.75. The lowest BCUT2D eigenvalue weighted by molar-refractivity contribution is -0.0931. The Morgan fingerprint density at radius 2 is 1.64 bits per heavy atom. The largest absolute Gasteiger partial charge is 0.393 e. The number of fused-ring (bicyclic) bond motifs is 4. The molecule has 0 amide bonds. The second kappa shape index (κ2) is 7.00. The van der Waals surface area contributed by atoms with Crippen molar-refractivity contribution >= 4 is 0 Å². The van der Waals surface area contributed by atoms with E-state index in [1.807, 2.05) is 11.1 Å². The minimum Gasteiger partial charge on any atom is -0.393 e. The molecule has 1 heteroatoms. The van der Waals surface area contributed by atoms with Crippen LogP contribution in [0.2, 0.25) is 0 Å². The van der Waals surface area contributed by atoms with E-state index in [0.29, 0.717) is 16.7 Å². The molecule has 0 heterocycles. The molecule has 0 saturated heterocycles. The lowest BCUT2D eigenvalue weighted by Crippen LogP contribution is -2.53. The maximum atomic E-state index is 10.7. The Balaban J connectivity index is 1.66. The lowest BCUT2D eigenvalue weighted by Gasteiger charge is -2.60. The van der Waals surface area contributed by atoms with E-state index >= 15 is 0 Å². The minimum absolute atomic E-state index is 0.0562. The number of hydrogen-bond donors (Lipinski definition) is 1. The van der Waals surface area contributed by atoms with Gasteiger partial charge < -0.3 is 5.11 Å². The third kappa shape index (κ3) is 2.82. The molecule has 7 unspecified atom stereocenters. The van der Waals surface area contributed by atoms with Gasteiger partial charge in [-0.05, 0) is 104 Å². The molecule has 0 aliphatic heterocycles. The topological polar surface area (TPSA) is 20.2 Å². The highest BCUT2D eigenvalue weighted by Gasteiger charge is 2.59. The summed E-state index contributed by atoms with van der Waals surface area (Å²) in [6.45, 7) is 16.3. The standard InChI is InChI=1S/C27H44O/c1-7-8-9-18(2)19-14-16-26(5)20(19)10-11-22-21(26)12-13-23-25(3,4)24(28)15-17-27(22,23)6/h7,18-20,23-24,28H,1,8-17H2,2-6H3. The van der Waals surface area contributed by atoms with Crippen LogP contribution in [0.1, 0.15) is 98.8 Å². The van der Waals surface area contributed by atoms with Crippen LogP contribution in [0.5, 0.6) is 0 Å². The van der Waals surface area contributed by atoms with Gasteiger partial charge in [-0.3, -0.25) is 0 Å². The number of hydrogen-bond acceptors (Lipinski definition) is 1. The van der Waals surface area contributed by atoms with Crippen LogP contribution >= 0.6 is 0 Å². The van der Waals surface area contributed by atoms with E-state index < -0.39 is 0 Å². The van der Waals surface area contributed by atoms with Gasteiger partial charge in [-0.1, -0.05) is 51.8 Å². The zero-order valence-corrected chi connectivity index (χ0v) is 19.2. The van der Waals surface area contributed by atoms with Crippen LogP contribution in [-0.4, -0.2) is 11.2 Å². The molecule has 1 N–H and O–H groups in total. The number of aliphatic hydroxyl groups excluding tert-OH is 1. The smallest absolute Gasteiger partial charge is 0.0594 e. The summed E-state index contributed by atoms with van der Waals surface area (Å²) >= 11 is 0. The predicted molar refractivity (Wildman–Crippen MR) is 119 cm³/mol. The van der Waals surface area contributed by atoms with Crippen LogP contribution < -0.4 is 0 Å². The van der Waals surface area contributed by atoms with E-state index in [9.17, 15) is 5.11 Å². The Hall–Kier alpha value is -0.560. The Labute approximate surface area is 174 Å². The summed E-state index contributed by atoms with van der Waals surface area (Å²) in [5.41, 5.74) is 4.57. The van der Waals surface area contributed by atoms with Crippen molar-refractivity contribution in [3.8, 4) is 0 Å². The van der Waals surface area contributed by atoms with Gasteiger partial charge in [0.25, 0.3) is 0 Å². The van der Waals surface area contributed by atoms with Gasteiger partial charge in [0, 0.05) is 0 Å². The van der Waals surface area contributed by atoms with Crippen LogP contribution in [0.3, 0.4) is 0 Å². The summed E-state index contributed by atoms with van der Waals surface area (Å²) in [5, 5.41) is 10.7. The first kappa shape index (κ1) is 20.7. The summed E-state index contributed by atoms with van der Waals surface area (Å²) < 4.78 is 0. The Morgan fingerprint density at radius 1 is 1.00 bits per heavy atom. The van der Waals surface area contributed by atoms with Crippen LogP contribution in [0.25, 0.3) is 0 Å². The lowest BCUT2D eigenvalue weighted by atomic mass is 9.45. The molecular formula is C27H44O. The van der Waals surface area contributed by atoms with E-state index in [4.69, 9.17) is 0 Å². The highest BCUT2D eigenvalue weighted by Crippen LogP contribution is 2.68. The van der Waals surface area contributed by atoms with Gasteiger partial charge in [0.1, 0.15) is 0 Å². The van der Waals surface area contributed by atoms with Gasteiger partial charge in [0.05, 0.1) is 6.10 Å². The molecule has 4 rings (SSSR count). The Morgan fingerprint density at radius 3 is 2.36 bits per heavy atom. The van der Waals surface area contributed by atoms with E-state index in [1.54, 1.807) is 0 Å². The van der Waals surface area contributed by atoms with Crippen LogP contribution in [-0.2, 0) is 0 Å². The van der Waals surface area contributed by atoms with E-state index in [1.165, 1.54) is 57.8 Å². The van der Waals surface area contributed by atoms with Gasteiger partial charge in [-0.15, -0.1) is 6.58 Å². The first-order valence-electron chi connectivity index (χ1n) is 12.2. The van der Waals surface area contributed by atoms with Crippen molar-refractivity contribution in [1.82, 2.24) is 0 Å². The van der Waals surface area contributed by atoms with E-state index in [0.717, 1.165) is 24.2 Å². The van der Waals surface area contributed by atoms with Gasteiger partial charge in [0.2, 0.25) is 0 Å². The molecular weight excluding hydrogens is 340 g/mol. The average molecular weight is 385 g/mol. The zero-order chi connectivity index (χ0) is 20.3. The summed E-state index contributed by atoms with van der Waals surface area (Å²) in [6.07, 6.45) is 14.8. The van der Waals surface area contributed by atoms with Crippen LogP contribution in [0.4, 0.5) is 0 Å². The summed E-state index contributed by atoms with van der Waals surface area (Å²) in [6, 6.07) is 0. The quantitative estimate of drug-likeness (QED) is 0.504. The van der Waals surface area contributed by atoms with Crippen molar-refractivity contribution in [3.05, 3.63) is 23.8 Å². The van der Waals surface area contributed by atoms with Gasteiger partial charge in [0.15, 0.2) is 0 Å². The van der Waals surface area contributed by atoms with Crippen LogP contribution in [0, 0.1) is 39.9 Å². The van der Waals surface area contributed by atoms with E-state index in [-0.39, 0.29) is 11.5 Å². The normalized spacial score (nSPS) is 45.8. The number of allylic oxidation sites excluding steroid dienone is 3. The monoisotopic (exact) mass is 384 g/mol. The third-order valence-corrected chi connectivity index (χ3v) is 10.5. The zero-order valence-electron chi connectivity index (χ0n) is 19.2. The maximum absolute atomic E-state index is 10.7. The van der Waals surface area contributed by atoms with Crippen LogP contribution in [0.15, 0.2) is 23.8 Å².